The van der Waals surface area contributed by atoms with Crippen LogP contribution in [-0.2, 0) is 4.74 Å². The van der Waals surface area contributed by atoms with Crippen LogP contribution in [0.25, 0.3) is 0 Å². The number of rotatable bonds is 4. The van der Waals surface area contributed by atoms with Gasteiger partial charge < -0.3 is 15.0 Å². The van der Waals surface area contributed by atoms with Gasteiger partial charge in [-0.3, -0.25) is 0 Å². The quantitative estimate of drug-likeness (QED) is 0.832. The Labute approximate surface area is 112 Å². The molecule has 0 saturated carbocycles. The maximum Gasteiger partial charge on any atom is 0.0469 e. The molecule has 0 aliphatic carbocycles. The molecule has 0 radical (unpaired) electrons. The lowest BCUT2D eigenvalue weighted by atomic mass is 9.88. The number of hydrogen-bond acceptors (Lipinski definition) is 3. The van der Waals surface area contributed by atoms with Crippen molar-refractivity contribution in [1.29, 1.82) is 0 Å². The zero-order valence-corrected chi connectivity index (χ0v) is 12.3. The third-order valence-corrected chi connectivity index (χ3v) is 4.87. The Bertz CT molecular complexity index is 241. The molecular formula is C15H30N2O. The molecule has 106 valence electrons. The molecule has 0 bridgehead atoms. The molecule has 2 fully saturated rings. The van der Waals surface area contributed by atoms with Gasteiger partial charge in [-0.2, -0.15) is 0 Å². The standard InChI is InChI=1S/C15H30N2O/c1-12(14-6-9-18-10-7-14)16-13(2)15-5-4-8-17(3)11-15/h12-16H,4-11H2,1-3H3. The van der Waals surface area contributed by atoms with E-state index in [-0.39, 0.29) is 0 Å². The fraction of sp³-hybridized carbons (Fsp3) is 1.00. The molecule has 2 aliphatic rings. The molecule has 3 nitrogen and oxygen atoms in total. The summed E-state index contributed by atoms with van der Waals surface area (Å²) in [5, 5.41) is 3.86. The van der Waals surface area contributed by atoms with Gasteiger partial charge in [-0.15, -0.1) is 0 Å². The molecule has 2 rings (SSSR count). The molecule has 18 heavy (non-hydrogen) atoms. The predicted molar refractivity (Wildman–Crippen MR) is 75.8 cm³/mol. The molecule has 3 atom stereocenters. The largest absolute Gasteiger partial charge is 0.381 e. The van der Waals surface area contributed by atoms with Gasteiger partial charge in [0, 0.05) is 31.8 Å². The molecular weight excluding hydrogens is 224 g/mol. The molecule has 0 aromatic rings. The number of nitrogens with one attached hydrogen (secondary N) is 1. The highest BCUT2D eigenvalue weighted by Gasteiger charge is 2.26. The molecule has 1 N–H and O–H groups in total. The van der Waals surface area contributed by atoms with Gasteiger partial charge in [-0.1, -0.05) is 0 Å². The smallest absolute Gasteiger partial charge is 0.0469 e. The zero-order valence-electron chi connectivity index (χ0n) is 12.3. The molecule has 3 heteroatoms. The van der Waals surface area contributed by atoms with E-state index in [1.807, 2.05) is 0 Å². The lowest BCUT2D eigenvalue weighted by Crippen LogP contribution is -2.48. The maximum atomic E-state index is 5.45. The zero-order chi connectivity index (χ0) is 13.0. The van der Waals surface area contributed by atoms with Gasteiger partial charge in [-0.25, -0.2) is 0 Å². The summed E-state index contributed by atoms with van der Waals surface area (Å²) < 4.78 is 5.45. The average molecular weight is 254 g/mol. The Morgan fingerprint density at radius 2 is 1.72 bits per heavy atom. The summed E-state index contributed by atoms with van der Waals surface area (Å²) in [7, 11) is 2.25. The average Bonchev–Trinajstić information content (AvgIpc) is 2.39. The van der Waals surface area contributed by atoms with Gasteiger partial charge in [0.1, 0.15) is 0 Å². The van der Waals surface area contributed by atoms with Crippen molar-refractivity contribution >= 4 is 0 Å². The molecule has 0 amide bonds. The highest BCUT2D eigenvalue weighted by Crippen LogP contribution is 2.22. The minimum absolute atomic E-state index is 0.635. The second-order valence-corrected chi connectivity index (χ2v) is 6.36. The number of hydrogen-bond donors (Lipinski definition) is 1. The third-order valence-electron chi connectivity index (χ3n) is 4.87. The van der Waals surface area contributed by atoms with Crippen LogP contribution in [0.15, 0.2) is 0 Å². The molecule has 2 aliphatic heterocycles. The van der Waals surface area contributed by atoms with Gasteiger partial charge >= 0.3 is 0 Å². The Hall–Kier alpha value is -0.120. The molecule has 0 aromatic carbocycles. The minimum Gasteiger partial charge on any atom is -0.381 e. The van der Waals surface area contributed by atoms with Gasteiger partial charge in [0.2, 0.25) is 0 Å². The predicted octanol–water partition coefficient (Wildman–Crippen LogP) is 2.12. The van der Waals surface area contributed by atoms with Crippen LogP contribution in [0.2, 0.25) is 0 Å². The van der Waals surface area contributed by atoms with Crippen molar-refractivity contribution in [3.8, 4) is 0 Å². The van der Waals surface area contributed by atoms with Crippen LogP contribution in [0.3, 0.4) is 0 Å². The summed E-state index contributed by atoms with van der Waals surface area (Å²) in [6.07, 6.45) is 5.20. The van der Waals surface area contributed by atoms with E-state index in [0.29, 0.717) is 12.1 Å². The Morgan fingerprint density at radius 3 is 2.39 bits per heavy atom. The topological polar surface area (TPSA) is 24.5 Å². The molecule has 2 heterocycles. The Balaban J connectivity index is 1.76. The lowest BCUT2D eigenvalue weighted by Gasteiger charge is -2.37. The molecule has 3 unspecified atom stereocenters. The first kappa shape index (κ1) is 14.3. The van der Waals surface area contributed by atoms with E-state index in [4.69, 9.17) is 4.74 Å². The van der Waals surface area contributed by atoms with Crippen LogP contribution >= 0.6 is 0 Å². The van der Waals surface area contributed by atoms with E-state index in [1.54, 1.807) is 0 Å². The number of ether oxygens (including phenoxy) is 1. The fourth-order valence-electron chi connectivity index (χ4n) is 3.52. The van der Waals surface area contributed by atoms with Gasteiger partial charge in [0.05, 0.1) is 0 Å². The van der Waals surface area contributed by atoms with Crippen LogP contribution in [0.5, 0.6) is 0 Å². The minimum atomic E-state index is 0.635. The van der Waals surface area contributed by atoms with E-state index in [0.717, 1.165) is 25.0 Å². The third kappa shape index (κ3) is 3.94. The summed E-state index contributed by atoms with van der Waals surface area (Å²) in [5.41, 5.74) is 0. The first-order valence-corrected chi connectivity index (χ1v) is 7.69. The first-order chi connectivity index (χ1) is 8.66. The lowest BCUT2D eigenvalue weighted by molar-refractivity contribution is 0.0521. The van der Waals surface area contributed by atoms with Crippen molar-refractivity contribution in [1.82, 2.24) is 10.2 Å². The SMILES string of the molecule is CC(NC(C)C1CCCN(C)C1)C1CCOCC1. The highest BCUT2D eigenvalue weighted by molar-refractivity contribution is 4.83. The monoisotopic (exact) mass is 254 g/mol. The second-order valence-electron chi connectivity index (χ2n) is 6.36. The maximum absolute atomic E-state index is 5.45. The summed E-state index contributed by atoms with van der Waals surface area (Å²) in [6.45, 7) is 9.18. The van der Waals surface area contributed by atoms with Crippen LogP contribution in [0.1, 0.15) is 39.5 Å². The van der Waals surface area contributed by atoms with E-state index in [2.05, 4.69) is 31.1 Å². The van der Waals surface area contributed by atoms with Gasteiger partial charge in [0.25, 0.3) is 0 Å². The van der Waals surface area contributed by atoms with Crippen molar-refractivity contribution in [3.05, 3.63) is 0 Å². The van der Waals surface area contributed by atoms with E-state index < -0.39 is 0 Å². The van der Waals surface area contributed by atoms with Crippen molar-refractivity contribution in [2.75, 3.05) is 33.4 Å². The highest BCUT2D eigenvalue weighted by atomic mass is 16.5. The van der Waals surface area contributed by atoms with Gasteiger partial charge in [0.15, 0.2) is 0 Å². The van der Waals surface area contributed by atoms with E-state index in [1.165, 1.54) is 38.8 Å². The summed E-state index contributed by atoms with van der Waals surface area (Å²) in [5.74, 6) is 1.63. The summed E-state index contributed by atoms with van der Waals surface area (Å²) in [6, 6.07) is 1.28. The van der Waals surface area contributed by atoms with Crippen molar-refractivity contribution in [2.24, 2.45) is 11.8 Å². The van der Waals surface area contributed by atoms with Gasteiger partial charge in [-0.05, 0) is 65.0 Å². The van der Waals surface area contributed by atoms with Crippen molar-refractivity contribution in [3.63, 3.8) is 0 Å². The van der Waals surface area contributed by atoms with E-state index >= 15 is 0 Å². The van der Waals surface area contributed by atoms with E-state index in [9.17, 15) is 0 Å². The van der Waals surface area contributed by atoms with Crippen LogP contribution in [0, 0.1) is 11.8 Å². The van der Waals surface area contributed by atoms with Crippen molar-refractivity contribution in [2.45, 2.75) is 51.6 Å². The normalized spacial score (nSPS) is 31.2. The first-order valence-electron chi connectivity index (χ1n) is 7.69. The summed E-state index contributed by atoms with van der Waals surface area (Å²) in [4.78, 5) is 2.48. The van der Waals surface area contributed by atoms with Crippen LogP contribution in [0.4, 0.5) is 0 Å². The molecule has 2 saturated heterocycles. The Morgan fingerprint density at radius 1 is 1.06 bits per heavy atom. The number of likely N-dealkylation sites (tertiary alicyclic amines) is 1. The van der Waals surface area contributed by atoms with Crippen LogP contribution in [-0.4, -0.2) is 50.3 Å². The molecule has 0 spiro atoms. The molecule has 0 aromatic heterocycles. The fourth-order valence-corrected chi connectivity index (χ4v) is 3.52. The number of nitrogens with zero attached hydrogens (tertiary/aromatic N) is 1. The summed E-state index contributed by atoms with van der Waals surface area (Å²) >= 11 is 0. The van der Waals surface area contributed by atoms with Crippen LogP contribution < -0.4 is 5.32 Å². The number of piperidine rings is 1. The second kappa shape index (κ2) is 6.88. The Kier molecular flexibility index (Phi) is 5.46. The van der Waals surface area contributed by atoms with Crippen molar-refractivity contribution < 1.29 is 4.74 Å².